The minimum Gasteiger partial charge on any atom is -0.467 e. The summed E-state index contributed by atoms with van der Waals surface area (Å²) in [6.07, 6.45) is -11.0. The van der Waals surface area contributed by atoms with Gasteiger partial charge in [0, 0.05) is 4.91 Å². The molecule has 15 nitrogen and oxygen atoms in total. The molecule has 0 saturated carbocycles. The Morgan fingerprint density at radius 3 is 1.78 bits per heavy atom. The van der Waals surface area contributed by atoms with Crippen molar-refractivity contribution in [1.29, 1.82) is 0 Å². The van der Waals surface area contributed by atoms with E-state index in [1.54, 1.807) is 6.92 Å². The Bertz CT molecular complexity index is 1740. The van der Waals surface area contributed by atoms with E-state index in [2.05, 4.69) is 16.6 Å². The second-order valence-corrected chi connectivity index (χ2v) is 12.8. The summed E-state index contributed by atoms with van der Waals surface area (Å²) < 4.78 is 54.1. The summed E-state index contributed by atoms with van der Waals surface area (Å²) in [5.74, 6) is -1.27. The number of azide groups is 1. The van der Waals surface area contributed by atoms with Crippen molar-refractivity contribution in [3.63, 3.8) is 0 Å². The van der Waals surface area contributed by atoms with Crippen molar-refractivity contribution in [3.8, 4) is 0 Å². The first kappa shape index (κ1) is 41.1. The van der Waals surface area contributed by atoms with Gasteiger partial charge in [-0.2, -0.15) is 0 Å². The predicted molar refractivity (Wildman–Crippen MR) is 195 cm³/mol. The van der Waals surface area contributed by atoms with Gasteiger partial charge in [0.15, 0.2) is 24.3 Å². The zero-order valence-electron chi connectivity index (χ0n) is 30.8. The summed E-state index contributed by atoms with van der Waals surface area (Å²) in [6.45, 7) is 6.46. The fraction of sp³-hybridized carbons (Fsp3) is 0.425. The molecular weight excluding hydrogens is 714 g/mol. The molecule has 2 fully saturated rings. The molecule has 2 aliphatic rings. The topological polar surface area (TPSA) is 183 Å². The van der Waals surface area contributed by atoms with Crippen LogP contribution in [0.2, 0.25) is 0 Å². The Morgan fingerprint density at radius 1 is 0.764 bits per heavy atom. The van der Waals surface area contributed by atoms with Crippen LogP contribution in [0.5, 0.6) is 0 Å². The normalized spacial score (nSPS) is 27.5. The first-order valence-corrected chi connectivity index (χ1v) is 17.7. The number of ketones is 1. The van der Waals surface area contributed by atoms with Gasteiger partial charge in [-0.1, -0.05) is 109 Å². The van der Waals surface area contributed by atoms with Gasteiger partial charge in [0.25, 0.3) is 0 Å². The number of Topliss-reactive ketones (excluding diaryl/α,β-unsaturated/α-hetero) is 1. The molecule has 3 aromatic carbocycles. The molecule has 0 aromatic heterocycles. The molecule has 0 spiro atoms. The molecule has 292 valence electrons. The molecule has 15 heteroatoms. The number of methoxy groups -OCH3 is 1. The average Bonchev–Trinajstić information content (AvgIpc) is 3.20. The third kappa shape index (κ3) is 11.0. The summed E-state index contributed by atoms with van der Waals surface area (Å²) in [7, 11) is 1.18. The largest absolute Gasteiger partial charge is 0.509 e. The van der Waals surface area contributed by atoms with Gasteiger partial charge < -0.3 is 42.6 Å². The van der Waals surface area contributed by atoms with Crippen LogP contribution in [0.1, 0.15) is 30.5 Å². The number of benzene rings is 3. The molecule has 0 bridgehead atoms. The first-order chi connectivity index (χ1) is 26.7. The van der Waals surface area contributed by atoms with Crippen molar-refractivity contribution in [2.24, 2.45) is 5.11 Å². The monoisotopic (exact) mass is 759 g/mol. The van der Waals surface area contributed by atoms with Gasteiger partial charge >= 0.3 is 12.1 Å². The van der Waals surface area contributed by atoms with Crippen LogP contribution >= 0.6 is 0 Å². The van der Waals surface area contributed by atoms with Crippen LogP contribution in [0.4, 0.5) is 4.79 Å². The summed E-state index contributed by atoms with van der Waals surface area (Å²) in [5.41, 5.74) is 12.3. The maximum absolute atomic E-state index is 13.4. The highest BCUT2D eigenvalue weighted by Gasteiger charge is 2.56. The summed E-state index contributed by atoms with van der Waals surface area (Å²) in [5, 5.41) is 4.05. The molecule has 2 aliphatic heterocycles. The first-order valence-electron chi connectivity index (χ1n) is 17.7. The highest BCUT2D eigenvalue weighted by molar-refractivity contribution is 5.81. The SMILES string of the molecule is C=CCOC(=O)OC1C(C)OC(C(=O)OC)[C@H](O[C@@H]2OC(C(C)=O)[C@H](OCc3ccccc3)[C@H](OCc3ccccc3)C2N=[N+]=[N-])[C@@H]1OCc1ccccc1. The lowest BCUT2D eigenvalue weighted by atomic mass is 9.92. The molecule has 2 saturated heterocycles. The number of carbonyl (C=O) groups excluding carboxylic acids is 3. The number of nitrogens with zero attached hydrogens (tertiary/aromatic N) is 3. The second kappa shape index (κ2) is 20.5. The van der Waals surface area contributed by atoms with Gasteiger partial charge in [-0.15, -0.1) is 0 Å². The second-order valence-electron chi connectivity index (χ2n) is 12.8. The fourth-order valence-corrected chi connectivity index (χ4v) is 6.37. The van der Waals surface area contributed by atoms with Crippen LogP contribution < -0.4 is 0 Å². The Kier molecular flexibility index (Phi) is 15.3. The number of hydrogen-bond donors (Lipinski definition) is 0. The van der Waals surface area contributed by atoms with Crippen LogP contribution in [0.15, 0.2) is 109 Å². The third-order valence-electron chi connectivity index (χ3n) is 9.01. The number of esters is 1. The van der Waals surface area contributed by atoms with E-state index < -0.39 is 79.1 Å². The van der Waals surface area contributed by atoms with E-state index in [1.165, 1.54) is 20.1 Å². The van der Waals surface area contributed by atoms with E-state index >= 15 is 0 Å². The quantitative estimate of drug-likeness (QED) is 0.0532. The molecular formula is C40H45N3O12. The Morgan fingerprint density at radius 2 is 1.29 bits per heavy atom. The Labute approximate surface area is 319 Å². The molecule has 2 heterocycles. The minimum atomic E-state index is -1.55. The molecule has 10 atom stereocenters. The molecule has 0 radical (unpaired) electrons. The van der Waals surface area contributed by atoms with Crippen LogP contribution in [-0.4, -0.2) is 92.8 Å². The Hall–Kier alpha value is -5.12. The zero-order valence-corrected chi connectivity index (χ0v) is 30.8. The molecule has 0 aliphatic carbocycles. The minimum absolute atomic E-state index is 0.00682. The van der Waals surface area contributed by atoms with Gasteiger partial charge in [-0.05, 0) is 36.1 Å². The van der Waals surface area contributed by atoms with Gasteiger partial charge in [0.1, 0.15) is 43.2 Å². The van der Waals surface area contributed by atoms with E-state index in [4.69, 9.17) is 42.6 Å². The van der Waals surface area contributed by atoms with E-state index in [0.717, 1.165) is 16.7 Å². The lowest BCUT2D eigenvalue weighted by Gasteiger charge is -2.48. The van der Waals surface area contributed by atoms with E-state index in [0.29, 0.717) is 0 Å². The van der Waals surface area contributed by atoms with Crippen LogP contribution in [-0.2, 0) is 72.0 Å². The van der Waals surface area contributed by atoms with Crippen LogP contribution in [0, 0.1) is 0 Å². The molecule has 0 N–H and O–H groups in total. The molecule has 5 rings (SSSR count). The molecule has 5 unspecified atom stereocenters. The summed E-state index contributed by atoms with van der Waals surface area (Å²) in [4.78, 5) is 42.6. The summed E-state index contributed by atoms with van der Waals surface area (Å²) >= 11 is 0. The average molecular weight is 760 g/mol. The van der Waals surface area contributed by atoms with E-state index in [9.17, 15) is 19.9 Å². The number of ether oxygens (including phenoxy) is 9. The van der Waals surface area contributed by atoms with Crippen molar-refractivity contribution in [1.82, 2.24) is 0 Å². The van der Waals surface area contributed by atoms with Crippen molar-refractivity contribution < 1.29 is 57.0 Å². The summed E-state index contributed by atoms with van der Waals surface area (Å²) in [6, 6.07) is 26.4. The van der Waals surface area contributed by atoms with Crippen LogP contribution in [0.3, 0.4) is 0 Å². The van der Waals surface area contributed by atoms with Gasteiger partial charge in [0.2, 0.25) is 0 Å². The van der Waals surface area contributed by atoms with Crippen molar-refractivity contribution in [2.45, 2.75) is 94.8 Å². The number of rotatable bonds is 17. The molecule has 3 aromatic rings. The maximum atomic E-state index is 13.4. The molecule has 0 amide bonds. The predicted octanol–water partition coefficient (Wildman–Crippen LogP) is 5.79. The lowest BCUT2D eigenvalue weighted by molar-refractivity contribution is -0.320. The zero-order chi connectivity index (χ0) is 39.2. The van der Waals surface area contributed by atoms with Gasteiger partial charge in [-0.25, -0.2) is 9.59 Å². The van der Waals surface area contributed by atoms with E-state index in [1.807, 2.05) is 91.0 Å². The van der Waals surface area contributed by atoms with Gasteiger partial charge in [0.05, 0.1) is 33.0 Å². The van der Waals surface area contributed by atoms with Crippen LogP contribution in [0.25, 0.3) is 10.4 Å². The maximum Gasteiger partial charge on any atom is 0.509 e. The number of carbonyl (C=O) groups is 3. The van der Waals surface area contributed by atoms with Crippen molar-refractivity contribution >= 4 is 17.9 Å². The molecule has 55 heavy (non-hydrogen) atoms. The lowest BCUT2D eigenvalue weighted by Crippen LogP contribution is -2.66. The van der Waals surface area contributed by atoms with Crippen molar-refractivity contribution in [2.75, 3.05) is 13.7 Å². The van der Waals surface area contributed by atoms with Crippen molar-refractivity contribution in [3.05, 3.63) is 131 Å². The number of hydrogen-bond acceptors (Lipinski definition) is 13. The van der Waals surface area contributed by atoms with E-state index in [-0.39, 0.29) is 26.4 Å². The highest BCUT2D eigenvalue weighted by Crippen LogP contribution is 2.36. The smallest absolute Gasteiger partial charge is 0.467 e. The standard InChI is InChI=1S/C40H45N3O12/c1-5-21-48-40(46)55-32-26(3)52-37(38(45)47-4)36(35(32)51-24-29-19-13-8-14-20-29)54-39-30(42-43-41)33(49-22-27-15-9-6-10-16-27)34(31(53-39)25(2)44)50-23-28-17-11-7-12-18-28/h5-20,26,30-37,39H,1,21-24H2,2-4H3/t26?,30?,31?,32?,33-,34+,35-,36-,37?,39+/m1/s1. The Balaban J connectivity index is 1.54. The highest BCUT2D eigenvalue weighted by atomic mass is 16.8. The van der Waals surface area contributed by atoms with Gasteiger partial charge in [-0.3, -0.25) is 4.79 Å². The third-order valence-corrected chi connectivity index (χ3v) is 9.01. The fourth-order valence-electron chi connectivity index (χ4n) is 6.37.